The molecule has 0 bridgehead atoms. The van der Waals surface area contributed by atoms with Crippen LogP contribution in [0.1, 0.15) is 13.3 Å². The van der Waals surface area contributed by atoms with Crippen LogP contribution in [0.25, 0.3) is 0 Å². The number of nitrogens with zero attached hydrogens (tertiary/aromatic N) is 1. The van der Waals surface area contributed by atoms with Gasteiger partial charge in [0.25, 0.3) is 0 Å². The van der Waals surface area contributed by atoms with E-state index in [9.17, 15) is 4.79 Å². The van der Waals surface area contributed by atoms with Crippen LogP contribution in [0, 0.1) is 0 Å². The topological polar surface area (TPSA) is 20.3 Å². The fourth-order valence-corrected chi connectivity index (χ4v) is 2.54. The predicted molar refractivity (Wildman–Crippen MR) is 73.9 cm³/mol. The molecule has 0 radical (unpaired) electrons. The number of benzene rings is 1. The third kappa shape index (κ3) is 3.01. The average Bonchev–Trinajstić information content (AvgIpc) is 2.40. The molecule has 1 aromatic carbocycles. The molecule has 0 fully saturated rings. The Bertz CT molecular complexity index is 439. The minimum atomic E-state index is 0.0647. The smallest absolute Gasteiger partial charge is 0.190 e. The molecule has 88 valence electrons. The molecule has 1 heterocycles. The minimum Gasteiger partial charge on any atom is -0.332 e. The quantitative estimate of drug-likeness (QED) is 0.812. The molecule has 0 aliphatic carbocycles. The number of hydrogen-bond donors (Lipinski definition) is 0. The Morgan fingerprint density at radius 3 is 2.76 bits per heavy atom. The van der Waals surface area contributed by atoms with Crippen molar-refractivity contribution in [2.24, 2.45) is 0 Å². The van der Waals surface area contributed by atoms with E-state index < -0.39 is 0 Å². The van der Waals surface area contributed by atoms with Gasteiger partial charge in [-0.15, -0.1) is 0 Å². The molecule has 2 nitrogen and oxygen atoms in total. The van der Waals surface area contributed by atoms with E-state index in [0.29, 0.717) is 6.42 Å². The van der Waals surface area contributed by atoms with Gasteiger partial charge in [-0.1, -0.05) is 49.0 Å². The Morgan fingerprint density at radius 2 is 2.06 bits per heavy atom. The molecule has 0 aromatic heterocycles. The Morgan fingerprint density at radius 1 is 1.29 bits per heavy atom. The van der Waals surface area contributed by atoms with Gasteiger partial charge >= 0.3 is 0 Å². The van der Waals surface area contributed by atoms with Crippen molar-refractivity contribution < 1.29 is 4.79 Å². The lowest BCUT2D eigenvalue weighted by molar-refractivity contribution is -0.110. The average molecular weight is 245 g/mol. The van der Waals surface area contributed by atoms with Gasteiger partial charge in [0.15, 0.2) is 5.12 Å². The second-order valence-electron chi connectivity index (χ2n) is 3.70. The third-order valence-electron chi connectivity index (χ3n) is 2.50. The highest BCUT2D eigenvalue weighted by Gasteiger charge is 2.19. The monoisotopic (exact) mass is 245 g/mol. The second-order valence-corrected chi connectivity index (χ2v) is 4.88. The molecule has 1 unspecified atom stereocenters. The van der Waals surface area contributed by atoms with Crippen LogP contribution in [-0.2, 0) is 4.79 Å². The number of carbonyl (C=O) groups is 1. The van der Waals surface area contributed by atoms with Crippen molar-refractivity contribution in [1.29, 1.82) is 0 Å². The summed E-state index contributed by atoms with van der Waals surface area (Å²) >= 11 is 1.37. The zero-order valence-corrected chi connectivity index (χ0v) is 10.6. The zero-order chi connectivity index (χ0) is 12.1. The highest BCUT2D eigenvalue weighted by molar-refractivity contribution is 8.14. The summed E-state index contributed by atoms with van der Waals surface area (Å²) in [7, 11) is 0. The van der Waals surface area contributed by atoms with Gasteiger partial charge in [-0.05, 0) is 18.2 Å². The first-order chi connectivity index (χ1) is 8.31. The molecule has 17 heavy (non-hydrogen) atoms. The molecule has 3 heteroatoms. The van der Waals surface area contributed by atoms with Gasteiger partial charge in [-0.2, -0.15) is 0 Å². The van der Waals surface area contributed by atoms with Crippen molar-refractivity contribution in [1.82, 2.24) is 0 Å². The van der Waals surface area contributed by atoms with E-state index in [4.69, 9.17) is 0 Å². The van der Waals surface area contributed by atoms with Gasteiger partial charge in [0, 0.05) is 18.3 Å². The van der Waals surface area contributed by atoms with Gasteiger partial charge in [0.1, 0.15) is 5.37 Å². The first-order valence-corrected chi connectivity index (χ1v) is 6.57. The lowest BCUT2D eigenvalue weighted by Crippen LogP contribution is -2.28. The number of hydrogen-bond acceptors (Lipinski definition) is 3. The summed E-state index contributed by atoms with van der Waals surface area (Å²) in [6.45, 7) is 1.89. The number of allylic oxidation sites excluding steroid dienone is 2. The zero-order valence-electron chi connectivity index (χ0n) is 9.74. The standard InChI is InChI=1S/C14H15NOS/c1-2-14(16)17-13-10-6-7-11-15(13)12-8-4-3-5-9-12/h3-11,13H,2H2,1H3. The summed E-state index contributed by atoms with van der Waals surface area (Å²) in [5.41, 5.74) is 1.11. The summed E-state index contributed by atoms with van der Waals surface area (Å²) in [5.74, 6) is 0. The van der Waals surface area contributed by atoms with E-state index in [1.807, 2.05) is 61.7 Å². The highest BCUT2D eigenvalue weighted by atomic mass is 32.2. The molecule has 0 amide bonds. The Kier molecular flexibility index (Phi) is 4.04. The summed E-state index contributed by atoms with van der Waals surface area (Å²) in [6, 6.07) is 10.1. The summed E-state index contributed by atoms with van der Waals surface area (Å²) in [6.07, 6.45) is 8.60. The Labute approximate surface area is 106 Å². The number of carbonyl (C=O) groups excluding carboxylic acids is 1. The van der Waals surface area contributed by atoms with Crippen LogP contribution in [0.3, 0.4) is 0 Å². The maximum Gasteiger partial charge on any atom is 0.190 e. The second kappa shape index (κ2) is 5.73. The fourth-order valence-electron chi connectivity index (χ4n) is 1.63. The lowest BCUT2D eigenvalue weighted by atomic mass is 10.2. The van der Waals surface area contributed by atoms with Gasteiger partial charge in [0.2, 0.25) is 0 Å². The van der Waals surface area contributed by atoms with Crippen molar-refractivity contribution in [2.75, 3.05) is 4.90 Å². The van der Waals surface area contributed by atoms with Gasteiger partial charge < -0.3 is 4.90 Å². The lowest BCUT2D eigenvalue weighted by Gasteiger charge is -2.29. The number of rotatable bonds is 3. The van der Waals surface area contributed by atoms with Crippen molar-refractivity contribution in [3.05, 3.63) is 54.8 Å². The SMILES string of the molecule is CCC(=O)SC1C=CC=CN1c1ccccc1. The molecule has 1 aliphatic rings. The van der Waals surface area contributed by atoms with E-state index in [1.54, 1.807) is 0 Å². The molecule has 0 spiro atoms. The molecule has 0 N–H and O–H groups in total. The summed E-state index contributed by atoms with van der Waals surface area (Å²) < 4.78 is 0. The number of thioether (sulfide) groups is 1. The van der Waals surface area contributed by atoms with Crippen molar-refractivity contribution >= 4 is 22.6 Å². The van der Waals surface area contributed by atoms with E-state index in [1.165, 1.54) is 11.8 Å². The highest BCUT2D eigenvalue weighted by Crippen LogP contribution is 2.27. The largest absolute Gasteiger partial charge is 0.332 e. The molecule has 1 atom stereocenters. The van der Waals surface area contributed by atoms with Crippen LogP contribution in [0.2, 0.25) is 0 Å². The van der Waals surface area contributed by atoms with Crippen LogP contribution < -0.4 is 4.90 Å². The van der Waals surface area contributed by atoms with E-state index in [0.717, 1.165) is 5.69 Å². The molecule has 1 aliphatic heterocycles. The first-order valence-electron chi connectivity index (χ1n) is 5.69. The number of anilines is 1. The molecular weight excluding hydrogens is 230 g/mol. The van der Waals surface area contributed by atoms with Crippen LogP contribution in [0.5, 0.6) is 0 Å². The van der Waals surface area contributed by atoms with Crippen molar-refractivity contribution in [3.8, 4) is 0 Å². The van der Waals surface area contributed by atoms with Gasteiger partial charge in [-0.25, -0.2) is 0 Å². The van der Waals surface area contributed by atoms with Crippen molar-refractivity contribution in [3.63, 3.8) is 0 Å². The van der Waals surface area contributed by atoms with Gasteiger partial charge in [0.05, 0.1) is 0 Å². The molecular formula is C14H15NOS. The van der Waals surface area contributed by atoms with E-state index in [2.05, 4.69) is 4.90 Å². The molecule has 0 saturated carbocycles. The van der Waals surface area contributed by atoms with Crippen molar-refractivity contribution in [2.45, 2.75) is 18.7 Å². The van der Waals surface area contributed by atoms with Crippen LogP contribution in [0.15, 0.2) is 54.8 Å². The minimum absolute atomic E-state index is 0.0647. The van der Waals surface area contributed by atoms with E-state index in [-0.39, 0.29) is 10.5 Å². The number of para-hydroxylation sites is 1. The first kappa shape index (κ1) is 12.0. The fraction of sp³-hybridized carbons (Fsp3) is 0.214. The Balaban J connectivity index is 2.17. The summed E-state index contributed by atoms with van der Waals surface area (Å²) in [5, 5.41) is 0.283. The summed E-state index contributed by atoms with van der Waals surface area (Å²) in [4.78, 5) is 13.6. The normalized spacial score (nSPS) is 18.4. The van der Waals surface area contributed by atoms with Crippen LogP contribution in [-0.4, -0.2) is 10.5 Å². The predicted octanol–water partition coefficient (Wildman–Crippen LogP) is 3.57. The van der Waals surface area contributed by atoms with Crippen LogP contribution >= 0.6 is 11.8 Å². The van der Waals surface area contributed by atoms with Crippen LogP contribution in [0.4, 0.5) is 5.69 Å². The molecule has 0 saturated heterocycles. The molecule has 1 aromatic rings. The maximum atomic E-state index is 11.5. The Hall–Kier alpha value is -1.48. The third-order valence-corrected chi connectivity index (χ3v) is 3.68. The van der Waals surface area contributed by atoms with E-state index >= 15 is 0 Å². The molecule has 2 rings (SSSR count). The maximum absolute atomic E-state index is 11.5. The van der Waals surface area contributed by atoms with Gasteiger partial charge in [-0.3, -0.25) is 4.79 Å².